The van der Waals surface area contributed by atoms with E-state index in [0.29, 0.717) is 0 Å². The average Bonchev–Trinajstić information content (AvgIpc) is 2.36. The summed E-state index contributed by atoms with van der Waals surface area (Å²) in [6.07, 6.45) is -2.86. The van der Waals surface area contributed by atoms with E-state index in [1.807, 2.05) is 0 Å². The zero-order valence-electron chi connectivity index (χ0n) is 9.74. The van der Waals surface area contributed by atoms with Crippen LogP contribution in [0.2, 0.25) is 0 Å². The second kappa shape index (κ2) is 5.91. The highest BCUT2D eigenvalue weighted by Crippen LogP contribution is 2.26. The molecule has 0 saturated carbocycles. The van der Waals surface area contributed by atoms with E-state index < -0.39 is 18.1 Å². The number of carbonyl (C=O) groups is 1. The van der Waals surface area contributed by atoms with Gasteiger partial charge in [-0.2, -0.15) is 5.26 Å². The van der Waals surface area contributed by atoms with Crippen molar-refractivity contribution in [1.29, 1.82) is 5.26 Å². The van der Waals surface area contributed by atoms with Gasteiger partial charge in [-0.15, -0.1) is 0 Å². The lowest BCUT2D eigenvalue weighted by molar-refractivity contribution is 0.0520. The number of halogens is 2. The Balaban J connectivity index is 3.40. The van der Waals surface area contributed by atoms with Crippen molar-refractivity contribution in [2.75, 3.05) is 13.7 Å². The summed E-state index contributed by atoms with van der Waals surface area (Å²) < 4.78 is 34.5. The van der Waals surface area contributed by atoms with Crippen LogP contribution in [0.15, 0.2) is 6.07 Å². The van der Waals surface area contributed by atoms with Crippen molar-refractivity contribution in [2.24, 2.45) is 0 Å². The SMILES string of the molecule is CCOC(=O)c1c(C#N)cc(C(F)F)nc1OC. The quantitative estimate of drug-likeness (QED) is 0.771. The Morgan fingerprint density at radius 3 is 2.72 bits per heavy atom. The number of pyridine rings is 1. The maximum atomic E-state index is 12.5. The van der Waals surface area contributed by atoms with Crippen LogP contribution in [0.1, 0.15) is 35.0 Å². The average molecular weight is 256 g/mol. The van der Waals surface area contributed by atoms with Crippen LogP contribution in [0, 0.1) is 11.3 Å². The zero-order valence-corrected chi connectivity index (χ0v) is 9.74. The molecule has 0 atom stereocenters. The summed E-state index contributed by atoms with van der Waals surface area (Å²) in [6, 6.07) is 2.50. The molecular formula is C11H10F2N2O3. The summed E-state index contributed by atoms with van der Waals surface area (Å²) in [4.78, 5) is 15.1. The van der Waals surface area contributed by atoms with E-state index in [9.17, 15) is 13.6 Å². The first-order chi connectivity index (χ1) is 8.54. The molecule has 1 aromatic heterocycles. The minimum absolute atomic E-state index is 0.0868. The van der Waals surface area contributed by atoms with E-state index >= 15 is 0 Å². The third kappa shape index (κ3) is 2.71. The van der Waals surface area contributed by atoms with E-state index in [4.69, 9.17) is 14.7 Å². The molecule has 1 heterocycles. The van der Waals surface area contributed by atoms with E-state index in [0.717, 1.165) is 6.07 Å². The number of alkyl halides is 2. The highest BCUT2D eigenvalue weighted by Gasteiger charge is 2.24. The van der Waals surface area contributed by atoms with Crippen LogP contribution in [0.3, 0.4) is 0 Å². The maximum absolute atomic E-state index is 12.5. The molecule has 0 radical (unpaired) electrons. The third-order valence-corrected chi connectivity index (χ3v) is 2.02. The molecule has 0 bridgehead atoms. The molecule has 1 aromatic rings. The molecule has 0 aliphatic rings. The smallest absolute Gasteiger partial charge is 0.345 e. The fourth-order valence-corrected chi connectivity index (χ4v) is 1.29. The first-order valence-electron chi connectivity index (χ1n) is 4.99. The molecule has 0 fully saturated rings. The number of methoxy groups -OCH3 is 1. The summed E-state index contributed by atoms with van der Waals surface area (Å²) >= 11 is 0. The number of aromatic nitrogens is 1. The lowest BCUT2D eigenvalue weighted by Crippen LogP contribution is -2.11. The summed E-state index contributed by atoms with van der Waals surface area (Å²) in [7, 11) is 1.17. The molecule has 1 rings (SSSR count). The van der Waals surface area contributed by atoms with Gasteiger partial charge in [-0.25, -0.2) is 18.6 Å². The molecule has 18 heavy (non-hydrogen) atoms. The Labute approximate surface area is 102 Å². The van der Waals surface area contributed by atoms with Crippen LogP contribution in [0.5, 0.6) is 5.88 Å². The summed E-state index contributed by atoms with van der Waals surface area (Å²) in [5.41, 5.74) is -1.13. The van der Waals surface area contributed by atoms with Crippen LogP contribution in [-0.2, 0) is 4.74 Å². The van der Waals surface area contributed by atoms with Crippen LogP contribution in [0.25, 0.3) is 0 Å². The first-order valence-corrected chi connectivity index (χ1v) is 4.99. The van der Waals surface area contributed by atoms with Crippen molar-refractivity contribution in [1.82, 2.24) is 4.98 Å². The molecule has 0 saturated heterocycles. The topological polar surface area (TPSA) is 72.2 Å². The second-order valence-electron chi connectivity index (χ2n) is 3.11. The van der Waals surface area contributed by atoms with E-state index in [1.54, 1.807) is 13.0 Å². The number of nitriles is 1. The number of esters is 1. The minimum Gasteiger partial charge on any atom is -0.480 e. The number of carbonyl (C=O) groups excluding carboxylic acids is 1. The van der Waals surface area contributed by atoms with Gasteiger partial charge in [0.25, 0.3) is 6.43 Å². The van der Waals surface area contributed by atoms with Gasteiger partial charge < -0.3 is 9.47 Å². The summed E-state index contributed by atoms with van der Waals surface area (Å²) in [5.74, 6) is -1.18. The van der Waals surface area contributed by atoms with Crippen LogP contribution < -0.4 is 4.74 Å². The van der Waals surface area contributed by atoms with E-state index in [2.05, 4.69) is 4.98 Å². The van der Waals surface area contributed by atoms with Crippen molar-refractivity contribution in [3.8, 4) is 11.9 Å². The Morgan fingerprint density at radius 2 is 2.28 bits per heavy atom. The molecule has 0 N–H and O–H groups in total. The molecule has 5 nitrogen and oxygen atoms in total. The molecule has 0 spiro atoms. The van der Waals surface area contributed by atoms with Crippen molar-refractivity contribution < 1.29 is 23.0 Å². The Bertz CT molecular complexity index is 498. The molecular weight excluding hydrogens is 246 g/mol. The van der Waals surface area contributed by atoms with E-state index in [-0.39, 0.29) is 23.6 Å². The van der Waals surface area contributed by atoms with E-state index in [1.165, 1.54) is 7.11 Å². The molecule has 0 aliphatic heterocycles. The first kappa shape index (κ1) is 13.8. The number of ether oxygens (including phenoxy) is 2. The molecule has 0 unspecified atom stereocenters. The lowest BCUT2D eigenvalue weighted by Gasteiger charge is -2.10. The highest BCUT2D eigenvalue weighted by atomic mass is 19.3. The fraction of sp³-hybridized carbons (Fsp3) is 0.364. The van der Waals surface area contributed by atoms with Gasteiger partial charge in [-0.1, -0.05) is 0 Å². The fourth-order valence-electron chi connectivity index (χ4n) is 1.29. The van der Waals surface area contributed by atoms with Crippen molar-refractivity contribution in [3.63, 3.8) is 0 Å². The number of hydrogen-bond acceptors (Lipinski definition) is 5. The minimum atomic E-state index is -2.86. The molecule has 0 aromatic carbocycles. The van der Waals surface area contributed by atoms with Gasteiger partial charge in [-0.3, -0.25) is 0 Å². The largest absolute Gasteiger partial charge is 0.480 e. The van der Waals surface area contributed by atoms with Gasteiger partial charge in [0, 0.05) is 0 Å². The van der Waals surface area contributed by atoms with Gasteiger partial charge in [0.15, 0.2) is 0 Å². The predicted octanol–water partition coefficient (Wildman–Crippen LogP) is 2.08. The van der Waals surface area contributed by atoms with Gasteiger partial charge in [0.1, 0.15) is 17.3 Å². The Kier molecular flexibility index (Phi) is 4.54. The molecule has 0 aliphatic carbocycles. The summed E-state index contributed by atoms with van der Waals surface area (Å²) in [6.45, 7) is 1.67. The standard InChI is InChI=1S/C11H10F2N2O3/c1-3-18-11(16)8-6(5-14)4-7(9(12)13)15-10(8)17-2/h4,9H,3H2,1-2H3. The van der Waals surface area contributed by atoms with Crippen molar-refractivity contribution in [2.45, 2.75) is 13.3 Å². The molecule has 96 valence electrons. The van der Waals surface area contributed by atoms with Crippen molar-refractivity contribution in [3.05, 3.63) is 22.9 Å². The van der Waals surface area contributed by atoms with Gasteiger partial charge in [0.05, 0.1) is 19.3 Å². The monoisotopic (exact) mass is 256 g/mol. The predicted molar refractivity (Wildman–Crippen MR) is 56.4 cm³/mol. The van der Waals surface area contributed by atoms with Gasteiger partial charge in [-0.05, 0) is 13.0 Å². The number of hydrogen-bond donors (Lipinski definition) is 0. The number of rotatable bonds is 4. The normalized spacial score (nSPS) is 10.0. The molecule has 7 heteroatoms. The van der Waals surface area contributed by atoms with Crippen LogP contribution in [-0.4, -0.2) is 24.7 Å². The Morgan fingerprint density at radius 1 is 1.61 bits per heavy atom. The van der Waals surface area contributed by atoms with Crippen LogP contribution >= 0.6 is 0 Å². The molecule has 0 amide bonds. The maximum Gasteiger partial charge on any atom is 0.345 e. The zero-order chi connectivity index (χ0) is 13.7. The Hall–Kier alpha value is -2.23. The van der Waals surface area contributed by atoms with Gasteiger partial charge >= 0.3 is 5.97 Å². The van der Waals surface area contributed by atoms with Crippen molar-refractivity contribution >= 4 is 5.97 Å². The highest BCUT2D eigenvalue weighted by molar-refractivity contribution is 5.94. The number of nitrogens with zero attached hydrogens (tertiary/aromatic N) is 2. The van der Waals surface area contributed by atoms with Crippen LogP contribution in [0.4, 0.5) is 8.78 Å². The second-order valence-corrected chi connectivity index (χ2v) is 3.11. The third-order valence-electron chi connectivity index (χ3n) is 2.02. The van der Waals surface area contributed by atoms with Gasteiger partial charge in [0.2, 0.25) is 5.88 Å². The lowest BCUT2D eigenvalue weighted by atomic mass is 10.1. The summed E-state index contributed by atoms with van der Waals surface area (Å²) in [5, 5.41) is 8.88.